The van der Waals surface area contributed by atoms with Gasteiger partial charge < -0.3 is 4.74 Å². The molecule has 7 heteroatoms. The minimum atomic E-state index is -0.286. The van der Waals surface area contributed by atoms with Crippen molar-refractivity contribution < 1.29 is 9.13 Å². The van der Waals surface area contributed by atoms with Crippen LogP contribution in [0.15, 0.2) is 30.6 Å². The lowest BCUT2D eigenvalue weighted by molar-refractivity contribution is 0.444. The SMILES string of the molecule is Cc1cc(Oc2cc(Cl)nc3ncnn23)ccc1F. The van der Waals surface area contributed by atoms with Crippen LogP contribution in [0.3, 0.4) is 0 Å². The number of hydrogen-bond acceptors (Lipinski definition) is 4. The molecule has 0 amide bonds. The smallest absolute Gasteiger partial charge is 0.256 e. The average Bonchev–Trinajstić information content (AvgIpc) is 2.82. The van der Waals surface area contributed by atoms with Crippen LogP contribution in [-0.2, 0) is 0 Å². The molecule has 0 radical (unpaired) electrons. The third-order valence-corrected chi connectivity index (χ3v) is 2.73. The van der Waals surface area contributed by atoms with Crippen molar-refractivity contribution in [3.05, 3.63) is 47.1 Å². The molecule has 0 bridgehead atoms. The second kappa shape index (κ2) is 4.47. The average molecular weight is 279 g/mol. The van der Waals surface area contributed by atoms with Gasteiger partial charge in [-0.2, -0.15) is 19.6 Å². The number of rotatable bonds is 2. The van der Waals surface area contributed by atoms with Crippen LogP contribution < -0.4 is 4.74 Å². The third-order valence-electron chi connectivity index (χ3n) is 2.54. The molecule has 0 atom stereocenters. The normalized spacial score (nSPS) is 10.9. The maximum absolute atomic E-state index is 13.2. The number of nitrogens with zero attached hydrogens (tertiary/aromatic N) is 4. The Kier molecular flexibility index (Phi) is 2.79. The van der Waals surface area contributed by atoms with E-state index in [-0.39, 0.29) is 11.0 Å². The van der Waals surface area contributed by atoms with Crippen molar-refractivity contribution in [2.75, 3.05) is 0 Å². The quantitative estimate of drug-likeness (QED) is 0.676. The number of aryl methyl sites for hydroxylation is 1. The molecule has 0 saturated carbocycles. The van der Waals surface area contributed by atoms with E-state index in [1.807, 2.05) is 0 Å². The van der Waals surface area contributed by atoms with Crippen LogP contribution in [0, 0.1) is 12.7 Å². The van der Waals surface area contributed by atoms with E-state index < -0.39 is 0 Å². The highest BCUT2D eigenvalue weighted by molar-refractivity contribution is 6.29. The summed E-state index contributed by atoms with van der Waals surface area (Å²) in [6.07, 6.45) is 1.35. The second-order valence-corrected chi connectivity index (χ2v) is 4.29. The van der Waals surface area contributed by atoms with E-state index in [4.69, 9.17) is 16.3 Å². The van der Waals surface area contributed by atoms with Gasteiger partial charge in [-0.25, -0.2) is 4.39 Å². The lowest BCUT2D eigenvalue weighted by Crippen LogP contribution is -1.98. The van der Waals surface area contributed by atoms with E-state index in [2.05, 4.69) is 15.1 Å². The van der Waals surface area contributed by atoms with Crippen LogP contribution in [0.5, 0.6) is 11.6 Å². The third kappa shape index (κ3) is 2.22. The molecule has 0 fully saturated rings. The first-order valence-corrected chi connectivity index (χ1v) is 5.81. The Morgan fingerprint density at radius 2 is 2.16 bits per heavy atom. The summed E-state index contributed by atoms with van der Waals surface area (Å²) in [7, 11) is 0. The van der Waals surface area contributed by atoms with Crippen molar-refractivity contribution in [3.8, 4) is 11.6 Å². The Labute approximate surface area is 112 Å². The fourth-order valence-corrected chi connectivity index (χ4v) is 1.80. The monoisotopic (exact) mass is 278 g/mol. The number of ether oxygens (including phenoxy) is 1. The van der Waals surface area contributed by atoms with Crippen molar-refractivity contribution in [1.82, 2.24) is 19.6 Å². The van der Waals surface area contributed by atoms with E-state index in [1.54, 1.807) is 13.0 Å². The van der Waals surface area contributed by atoms with Gasteiger partial charge in [0.1, 0.15) is 23.0 Å². The maximum Gasteiger partial charge on any atom is 0.256 e. The van der Waals surface area contributed by atoms with Gasteiger partial charge in [-0.05, 0) is 30.7 Å². The minimum Gasteiger partial charge on any atom is -0.439 e. The molecule has 1 aromatic carbocycles. The second-order valence-electron chi connectivity index (χ2n) is 3.90. The van der Waals surface area contributed by atoms with E-state index in [0.29, 0.717) is 23.0 Å². The van der Waals surface area contributed by atoms with Gasteiger partial charge in [0.2, 0.25) is 5.88 Å². The van der Waals surface area contributed by atoms with Gasteiger partial charge in [-0.1, -0.05) is 11.6 Å². The summed E-state index contributed by atoms with van der Waals surface area (Å²) in [6, 6.07) is 5.97. The van der Waals surface area contributed by atoms with E-state index in [0.717, 1.165) is 0 Å². The van der Waals surface area contributed by atoms with E-state index >= 15 is 0 Å². The topological polar surface area (TPSA) is 52.3 Å². The van der Waals surface area contributed by atoms with Gasteiger partial charge in [-0.3, -0.25) is 0 Å². The molecule has 0 aliphatic carbocycles. The lowest BCUT2D eigenvalue weighted by atomic mass is 10.2. The van der Waals surface area contributed by atoms with Crippen molar-refractivity contribution >= 4 is 17.4 Å². The summed E-state index contributed by atoms with van der Waals surface area (Å²) in [5.74, 6) is 0.892. The number of hydrogen-bond donors (Lipinski definition) is 0. The fourth-order valence-electron chi connectivity index (χ4n) is 1.63. The van der Waals surface area contributed by atoms with Crippen LogP contribution in [0.2, 0.25) is 5.15 Å². The Bertz CT molecular complexity index is 759. The molecule has 0 unspecified atom stereocenters. The molecular weight excluding hydrogens is 271 g/mol. The van der Waals surface area contributed by atoms with Gasteiger partial charge >= 0.3 is 0 Å². The van der Waals surface area contributed by atoms with Gasteiger partial charge in [0.05, 0.1) is 0 Å². The molecule has 0 saturated heterocycles. The maximum atomic E-state index is 13.2. The zero-order valence-electron chi connectivity index (χ0n) is 9.84. The Balaban J connectivity index is 2.04. The highest BCUT2D eigenvalue weighted by Crippen LogP contribution is 2.25. The fraction of sp³-hybridized carbons (Fsp3) is 0.0833. The first-order valence-electron chi connectivity index (χ1n) is 5.44. The van der Waals surface area contributed by atoms with E-state index in [1.165, 1.54) is 29.0 Å². The molecule has 5 nitrogen and oxygen atoms in total. The number of aromatic nitrogens is 4. The van der Waals surface area contributed by atoms with Crippen molar-refractivity contribution in [2.24, 2.45) is 0 Å². The summed E-state index contributed by atoms with van der Waals surface area (Å²) in [5.41, 5.74) is 0.493. The largest absolute Gasteiger partial charge is 0.439 e. The molecule has 2 aromatic heterocycles. The predicted molar refractivity (Wildman–Crippen MR) is 67.0 cm³/mol. The zero-order valence-corrected chi connectivity index (χ0v) is 10.6. The molecule has 19 heavy (non-hydrogen) atoms. The van der Waals surface area contributed by atoms with Gasteiger partial charge in [-0.15, -0.1) is 0 Å². The predicted octanol–water partition coefficient (Wildman–Crippen LogP) is 3.02. The standard InChI is InChI=1S/C12H8ClFN4O/c1-7-4-8(2-3-9(7)14)19-11-5-10(13)17-12-15-6-16-18(11)12/h2-6H,1H3. The van der Waals surface area contributed by atoms with E-state index in [9.17, 15) is 4.39 Å². The van der Waals surface area contributed by atoms with Gasteiger partial charge in [0.15, 0.2) is 0 Å². The highest BCUT2D eigenvalue weighted by atomic mass is 35.5. The number of halogens is 2. The van der Waals surface area contributed by atoms with Crippen LogP contribution in [0.1, 0.15) is 5.56 Å². The number of fused-ring (bicyclic) bond motifs is 1. The molecule has 0 spiro atoms. The van der Waals surface area contributed by atoms with Crippen molar-refractivity contribution in [2.45, 2.75) is 6.92 Å². The minimum absolute atomic E-state index is 0.245. The molecule has 0 aliphatic heterocycles. The molecule has 96 valence electrons. The molecule has 3 aromatic rings. The molecule has 0 aliphatic rings. The summed E-state index contributed by atoms with van der Waals surface area (Å²) in [5, 5.41) is 4.23. The molecule has 0 N–H and O–H groups in total. The summed E-state index contributed by atoms with van der Waals surface area (Å²) < 4.78 is 20.2. The highest BCUT2D eigenvalue weighted by Gasteiger charge is 2.09. The first kappa shape index (κ1) is 11.9. The van der Waals surface area contributed by atoms with Crippen LogP contribution in [0.4, 0.5) is 4.39 Å². The molecule has 2 heterocycles. The lowest BCUT2D eigenvalue weighted by Gasteiger charge is -2.08. The van der Waals surface area contributed by atoms with Gasteiger partial charge in [0.25, 0.3) is 5.78 Å². The first-order chi connectivity index (χ1) is 9.13. The summed E-state index contributed by atoms with van der Waals surface area (Å²) in [6.45, 7) is 1.66. The van der Waals surface area contributed by atoms with Crippen LogP contribution >= 0.6 is 11.6 Å². The van der Waals surface area contributed by atoms with Crippen LogP contribution in [0.25, 0.3) is 5.78 Å². The van der Waals surface area contributed by atoms with Crippen molar-refractivity contribution in [3.63, 3.8) is 0 Å². The molecular formula is C12H8ClFN4O. The number of benzene rings is 1. The zero-order chi connectivity index (χ0) is 13.4. The van der Waals surface area contributed by atoms with Crippen molar-refractivity contribution in [1.29, 1.82) is 0 Å². The van der Waals surface area contributed by atoms with Gasteiger partial charge in [0, 0.05) is 6.07 Å². The van der Waals surface area contributed by atoms with Crippen LogP contribution in [-0.4, -0.2) is 19.6 Å². The Hall–Kier alpha value is -2.21. The summed E-state index contributed by atoms with van der Waals surface area (Å²) >= 11 is 5.87. The Morgan fingerprint density at radius 1 is 1.32 bits per heavy atom. The Morgan fingerprint density at radius 3 is 2.95 bits per heavy atom. The molecule has 3 rings (SSSR count). The summed E-state index contributed by atoms with van der Waals surface area (Å²) in [4.78, 5) is 7.91.